The largest absolute Gasteiger partial charge is 0.460 e. The standard InChI is InChI=1S/C15H27NO3/c1-11-6-5-7-12(10-11)16-13(17)8-9-14(18)19-15(2,3)4/h11-12H,5-10H2,1-4H3,(H,16,17). The van der Waals surface area contributed by atoms with Crippen LogP contribution >= 0.6 is 0 Å². The number of amides is 1. The number of ether oxygens (including phenoxy) is 1. The second kappa shape index (κ2) is 6.92. The third-order valence-corrected chi connectivity index (χ3v) is 3.28. The van der Waals surface area contributed by atoms with Crippen LogP contribution < -0.4 is 5.32 Å². The summed E-state index contributed by atoms with van der Waals surface area (Å²) in [6.45, 7) is 7.70. The molecule has 0 aromatic heterocycles. The van der Waals surface area contributed by atoms with Crippen molar-refractivity contribution in [2.45, 2.75) is 77.9 Å². The molecule has 19 heavy (non-hydrogen) atoms. The number of hydrogen-bond acceptors (Lipinski definition) is 3. The molecule has 110 valence electrons. The summed E-state index contributed by atoms with van der Waals surface area (Å²) in [7, 11) is 0. The molecule has 0 heterocycles. The van der Waals surface area contributed by atoms with E-state index in [4.69, 9.17) is 4.74 Å². The Morgan fingerprint density at radius 1 is 1.21 bits per heavy atom. The van der Waals surface area contributed by atoms with Crippen LogP contribution in [0.4, 0.5) is 0 Å². The Morgan fingerprint density at radius 3 is 2.47 bits per heavy atom. The SMILES string of the molecule is CC1CCCC(NC(=O)CCC(=O)OC(C)(C)C)C1. The fraction of sp³-hybridized carbons (Fsp3) is 0.867. The smallest absolute Gasteiger partial charge is 0.306 e. The highest BCUT2D eigenvalue weighted by Gasteiger charge is 2.21. The first-order valence-corrected chi connectivity index (χ1v) is 7.27. The summed E-state index contributed by atoms with van der Waals surface area (Å²) in [5.41, 5.74) is -0.480. The van der Waals surface area contributed by atoms with Gasteiger partial charge in [-0.1, -0.05) is 19.8 Å². The van der Waals surface area contributed by atoms with Crippen molar-refractivity contribution in [3.05, 3.63) is 0 Å². The van der Waals surface area contributed by atoms with Crippen LogP contribution in [0.1, 0.15) is 66.2 Å². The highest BCUT2D eigenvalue weighted by molar-refractivity contribution is 5.81. The molecule has 1 fully saturated rings. The van der Waals surface area contributed by atoms with Gasteiger partial charge in [0.05, 0.1) is 6.42 Å². The molecule has 1 saturated carbocycles. The summed E-state index contributed by atoms with van der Waals surface area (Å²) in [5.74, 6) is 0.342. The van der Waals surface area contributed by atoms with Crippen LogP contribution in [0.5, 0.6) is 0 Å². The zero-order valence-electron chi connectivity index (χ0n) is 12.6. The van der Waals surface area contributed by atoms with Gasteiger partial charge in [0.15, 0.2) is 0 Å². The van der Waals surface area contributed by atoms with E-state index in [0.29, 0.717) is 5.92 Å². The van der Waals surface area contributed by atoms with Gasteiger partial charge in [-0.15, -0.1) is 0 Å². The lowest BCUT2D eigenvalue weighted by Gasteiger charge is -2.27. The van der Waals surface area contributed by atoms with E-state index in [1.807, 2.05) is 20.8 Å². The molecule has 0 radical (unpaired) electrons. The van der Waals surface area contributed by atoms with E-state index in [0.717, 1.165) is 12.8 Å². The first kappa shape index (κ1) is 16.0. The van der Waals surface area contributed by atoms with Crippen LogP contribution in [-0.4, -0.2) is 23.5 Å². The summed E-state index contributed by atoms with van der Waals surface area (Å²) < 4.78 is 5.18. The molecule has 0 spiro atoms. The van der Waals surface area contributed by atoms with E-state index in [1.165, 1.54) is 12.8 Å². The van der Waals surface area contributed by atoms with Crippen molar-refractivity contribution in [2.24, 2.45) is 5.92 Å². The zero-order chi connectivity index (χ0) is 14.5. The predicted octanol–water partition coefficient (Wildman–Crippen LogP) is 2.80. The van der Waals surface area contributed by atoms with E-state index in [9.17, 15) is 9.59 Å². The molecule has 4 nitrogen and oxygen atoms in total. The molecule has 0 bridgehead atoms. The average Bonchev–Trinajstić information content (AvgIpc) is 2.24. The third-order valence-electron chi connectivity index (χ3n) is 3.28. The minimum absolute atomic E-state index is 0.0371. The number of carbonyl (C=O) groups is 2. The highest BCUT2D eigenvalue weighted by Crippen LogP contribution is 2.23. The zero-order valence-corrected chi connectivity index (χ0v) is 12.6. The molecule has 0 aromatic rings. The fourth-order valence-corrected chi connectivity index (χ4v) is 2.47. The van der Waals surface area contributed by atoms with Gasteiger partial charge in [-0.3, -0.25) is 9.59 Å². The maximum Gasteiger partial charge on any atom is 0.306 e. The molecular weight excluding hydrogens is 242 g/mol. The molecule has 1 aliphatic rings. The van der Waals surface area contributed by atoms with Gasteiger partial charge in [-0.25, -0.2) is 0 Å². The van der Waals surface area contributed by atoms with E-state index in [2.05, 4.69) is 12.2 Å². The Labute approximate surface area is 116 Å². The highest BCUT2D eigenvalue weighted by atomic mass is 16.6. The number of esters is 1. The molecule has 0 aliphatic heterocycles. The predicted molar refractivity (Wildman–Crippen MR) is 74.6 cm³/mol. The molecule has 2 unspecified atom stereocenters. The van der Waals surface area contributed by atoms with Crippen molar-refractivity contribution in [1.29, 1.82) is 0 Å². The van der Waals surface area contributed by atoms with Crippen LogP contribution in [0.25, 0.3) is 0 Å². The normalized spacial score (nSPS) is 23.8. The lowest BCUT2D eigenvalue weighted by molar-refractivity contribution is -0.155. The van der Waals surface area contributed by atoms with Gasteiger partial charge >= 0.3 is 5.97 Å². The Morgan fingerprint density at radius 2 is 1.89 bits per heavy atom. The molecule has 0 saturated heterocycles. The minimum atomic E-state index is -0.480. The second-order valence-electron chi connectivity index (χ2n) is 6.62. The lowest BCUT2D eigenvalue weighted by atomic mass is 9.87. The molecule has 1 rings (SSSR count). The van der Waals surface area contributed by atoms with Gasteiger partial charge in [0.1, 0.15) is 5.60 Å². The maximum absolute atomic E-state index is 11.8. The monoisotopic (exact) mass is 269 g/mol. The van der Waals surface area contributed by atoms with E-state index >= 15 is 0 Å². The maximum atomic E-state index is 11.8. The Balaban J connectivity index is 2.22. The second-order valence-corrected chi connectivity index (χ2v) is 6.62. The van der Waals surface area contributed by atoms with Crippen molar-refractivity contribution in [3.63, 3.8) is 0 Å². The molecule has 1 amide bonds. The van der Waals surface area contributed by atoms with Crippen LogP contribution in [0.2, 0.25) is 0 Å². The van der Waals surface area contributed by atoms with Crippen molar-refractivity contribution in [2.75, 3.05) is 0 Å². The number of rotatable bonds is 4. The van der Waals surface area contributed by atoms with Crippen LogP contribution in [-0.2, 0) is 14.3 Å². The third kappa shape index (κ3) is 7.19. The van der Waals surface area contributed by atoms with E-state index < -0.39 is 5.60 Å². The summed E-state index contributed by atoms with van der Waals surface area (Å²) in [4.78, 5) is 23.3. The van der Waals surface area contributed by atoms with E-state index in [1.54, 1.807) is 0 Å². The molecule has 4 heteroatoms. The Bertz CT molecular complexity index is 320. The van der Waals surface area contributed by atoms with Crippen molar-refractivity contribution >= 4 is 11.9 Å². The first-order valence-electron chi connectivity index (χ1n) is 7.27. The molecule has 1 aliphatic carbocycles. The molecular formula is C15H27NO3. The van der Waals surface area contributed by atoms with Crippen LogP contribution in [0, 0.1) is 5.92 Å². The lowest BCUT2D eigenvalue weighted by Crippen LogP contribution is -2.38. The van der Waals surface area contributed by atoms with Gasteiger partial charge in [0.25, 0.3) is 0 Å². The number of carbonyl (C=O) groups excluding carboxylic acids is 2. The van der Waals surface area contributed by atoms with Crippen LogP contribution in [0.15, 0.2) is 0 Å². The van der Waals surface area contributed by atoms with Gasteiger partial charge < -0.3 is 10.1 Å². The van der Waals surface area contributed by atoms with Crippen molar-refractivity contribution in [1.82, 2.24) is 5.32 Å². The summed E-state index contributed by atoms with van der Waals surface area (Å²) >= 11 is 0. The number of nitrogens with one attached hydrogen (secondary N) is 1. The summed E-state index contributed by atoms with van der Waals surface area (Å²) in [6.07, 6.45) is 4.92. The average molecular weight is 269 g/mol. The first-order chi connectivity index (χ1) is 8.76. The van der Waals surface area contributed by atoms with Crippen molar-refractivity contribution in [3.8, 4) is 0 Å². The van der Waals surface area contributed by atoms with Gasteiger partial charge in [-0.05, 0) is 39.5 Å². The fourth-order valence-electron chi connectivity index (χ4n) is 2.47. The topological polar surface area (TPSA) is 55.4 Å². The van der Waals surface area contributed by atoms with Gasteiger partial charge in [0, 0.05) is 12.5 Å². The van der Waals surface area contributed by atoms with E-state index in [-0.39, 0.29) is 30.8 Å². The van der Waals surface area contributed by atoms with Crippen molar-refractivity contribution < 1.29 is 14.3 Å². The number of hydrogen-bond donors (Lipinski definition) is 1. The Hall–Kier alpha value is -1.06. The van der Waals surface area contributed by atoms with Gasteiger partial charge in [0.2, 0.25) is 5.91 Å². The Kier molecular flexibility index (Phi) is 5.83. The quantitative estimate of drug-likeness (QED) is 0.798. The molecule has 1 N–H and O–H groups in total. The minimum Gasteiger partial charge on any atom is -0.460 e. The van der Waals surface area contributed by atoms with Crippen LogP contribution in [0.3, 0.4) is 0 Å². The van der Waals surface area contributed by atoms with Gasteiger partial charge in [-0.2, -0.15) is 0 Å². The summed E-state index contributed by atoms with van der Waals surface area (Å²) in [6, 6.07) is 0.287. The summed E-state index contributed by atoms with van der Waals surface area (Å²) in [5, 5.41) is 3.02. The molecule has 2 atom stereocenters. The molecule has 0 aromatic carbocycles.